The van der Waals surface area contributed by atoms with E-state index in [1.54, 1.807) is 0 Å². The Balaban J connectivity index is 4.32. The first-order valence-corrected chi connectivity index (χ1v) is 28.9. The largest absolute Gasteiger partial charge is 0.462 e. The minimum absolute atomic E-state index is 0.0904. The van der Waals surface area contributed by atoms with Crippen LogP contribution in [0, 0.1) is 0 Å². The third kappa shape index (κ3) is 53.8. The third-order valence-corrected chi connectivity index (χ3v) is 12.4. The zero-order valence-corrected chi connectivity index (χ0v) is 44.9. The van der Waals surface area contributed by atoms with Crippen molar-refractivity contribution >= 4 is 17.9 Å². The van der Waals surface area contributed by atoms with Crippen molar-refractivity contribution in [1.82, 2.24) is 0 Å². The van der Waals surface area contributed by atoms with Crippen LogP contribution in [-0.4, -0.2) is 37.2 Å². The first-order chi connectivity index (χ1) is 33.5. The molecule has 0 rings (SSSR count). The van der Waals surface area contributed by atoms with E-state index in [1.165, 1.54) is 135 Å². The molecule has 0 N–H and O–H groups in total. The zero-order chi connectivity index (χ0) is 49.3. The van der Waals surface area contributed by atoms with Crippen LogP contribution < -0.4 is 0 Å². The maximum atomic E-state index is 12.8. The molecule has 0 saturated heterocycles. The van der Waals surface area contributed by atoms with Crippen molar-refractivity contribution in [3.8, 4) is 0 Å². The van der Waals surface area contributed by atoms with Gasteiger partial charge >= 0.3 is 17.9 Å². The van der Waals surface area contributed by atoms with E-state index in [1.807, 2.05) is 0 Å². The lowest BCUT2D eigenvalue weighted by Gasteiger charge is -2.18. The molecule has 1 atom stereocenters. The monoisotopic (exact) mass is 949 g/mol. The van der Waals surface area contributed by atoms with E-state index in [0.29, 0.717) is 19.3 Å². The summed E-state index contributed by atoms with van der Waals surface area (Å²) in [7, 11) is 0. The van der Waals surface area contributed by atoms with Gasteiger partial charge in [0.2, 0.25) is 0 Å². The predicted molar refractivity (Wildman–Crippen MR) is 293 cm³/mol. The van der Waals surface area contributed by atoms with Gasteiger partial charge in [0.25, 0.3) is 0 Å². The van der Waals surface area contributed by atoms with E-state index < -0.39 is 6.10 Å². The Bertz CT molecular complexity index is 1270. The van der Waals surface area contributed by atoms with Gasteiger partial charge < -0.3 is 14.2 Å². The number of hydrogen-bond donors (Lipinski definition) is 0. The number of ether oxygens (including phenoxy) is 3. The molecule has 0 aliphatic carbocycles. The third-order valence-electron chi connectivity index (χ3n) is 12.4. The number of esters is 3. The van der Waals surface area contributed by atoms with Crippen LogP contribution in [0.4, 0.5) is 0 Å². The molecule has 0 aromatic carbocycles. The fourth-order valence-electron chi connectivity index (χ4n) is 8.06. The van der Waals surface area contributed by atoms with E-state index in [9.17, 15) is 14.4 Å². The predicted octanol–water partition coefficient (Wildman–Crippen LogP) is 19.4. The van der Waals surface area contributed by atoms with Gasteiger partial charge in [0.15, 0.2) is 6.10 Å². The Morgan fingerprint density at radius 1 is 0.309 bits per heavy atom. The van der Waals surface area contributed by atoms with Crippen LogP contribution in [-0.2, 0) is 28.6 Å². The van der Waals surface area contributed by atoms with Crippen LogP contribution in [0.1, 0.15) is 284 Å². The molecule has 0 saturated carbocycles. The molecule has 1 unspecified atom stereocenters. The summed E-state index contributed by atoms with van der Waals surface area (Å²) in [6, 6.07) is 0. The van der Waals surface area contributed by atoms with Crippen LogP contribution >= 0.6 is 0 Å². The number of carbonyl (C=O) groups excluding carboxylic acids is 3. The molecule has 0 aromatic heterocycles. The highest BCUT2D eigenvalue weighted by Gasteiger charge is 2.19. The molecular weight excluding hydrogens is 841 g/mol. The number of rotatable bonds is 52. The van der Waals surface area contributed by atoms with Gasteiger partial charge in [-0.3, -0.25) is 14.4 Å². The standard InChI is InChI=1S/C62H108O6/c1-4-7-10-13-16-19-22-25-27-28-29-30-31-32-33-34-35-38-40-43-46-49-52-55-61(64)67-58-59(57-66-60(63)54-51-48-45-42-39-36-24-21-18-15-12-9-6-3)68-62(65)56-53-50-47-44-41-37-26-23-20-17-14-11-8-5-2/h9,12,14,17-18,21,23,26,28-29,36,39,59H,4-8,10-11,13,15-16,19-20,22,24-25,27,30-35,37-38,40-58H2,1-3H3/b12-9-,17-14-,21-18-,26-23-,29-28-,39-36-. The van der Waals surface area contributed by atoms with Crippen molar-refractivity contribution in [3.05, 3.63) is 72.9 Å². The molecule has 0 heterocycles. The lowest BCUT2D eigenvalue weighted by atomic mass is 10.0. The Labute approximate surface area is 421 Å². The minimum Gasteiger partial charge on any atom is -0.462 e. The van der Waals surface area contributed by atoms with E-state index in [-0.39, 0.29) is 31.1 Å². The van der Waals surface area contributed by atoms with Gasteiger partial charge in [-0.1, -0.05) is 235 Å². The summed E-state index contributed by atoms with van der Waals surface area (Å²) in [6.45, 7) is 6.46. The van der Waals surface area contributed by atoms with Crippen LogP contribution in [0.5, 0.6) is 0 Å². The van der Waals surface area contributed by atoms with Gasteiger partial charge in [-0.25, -0.2) is 0 Å². The summed E-state index contributed by atoms with van der Waals surface area (Å²) in [5.74, 6) is -0.930. The normalized spacial score (nSPS) is 12.6. The number of carbonyl (C=O) groups is 3. The van der Waals surface area contributed by atoms with E-state index >= 15 is 0 Å². The lowest BCUT2D eigenvalue weighted by Crippen LogP contribution is -2.30. The van der Waals surface area contributed by atoms with Gasteiger partial charge in [0, 0.05) is 19.3 Å². The summed E-state index contributed by atoms with van der Waals surface area (Å²) in [4.78, 5) is 38.1. The first-order valence-electron chi connectivity index (χ1n) is 28.9. The Hall–Kier alpha value is -3.15. The van der Waals surface area contributed by atoms with Crippen molar-refractivity contribution in [2.24, 2.45) is 0 Å². The molecule has 68 heavy (non-hydrogen) atoms. The molecule has 6 heteroatoms. The van der Waals surface area contributed by atoms with Crippen LogP contribution in [0.3, 0.4) is 0 Å². The fourth-order valence-corrected chi connectivity index (χ4v) is 8.06. The highest BCUT2D eigenvalue weighted by Crippen LogP contribution is 2.15. The Kier molecular flexibility index (Phi) is 53.8. The van der Waals surface area contributed by atoms with Gasteiger partial charge in [-0.05, 0) is 103 Å². The average Bonchev–Trinajstić information content (AvgIpc) is 3.34. The molecule has 0 fully saturated rings. The highest BCUT2D eigenvalue weighted by atomic mass is 16.6. The number of allylic oxidation sites excluding steroid dienone is 12. The second-order valence-corrected chi connectivity index (χ2v) is 19.2. The summed E-state index contributed by atoms with van der Waals surface area (Å²) >= 11 is 0. The molecule has 0 aromatic rings. The van der Waals surface area contributed by atoms with Gasteiger partial charge in [0.1, 0.15) is 13.2 Å². The molecule has 0 amide bonds. The van der Waals surface area contributed by atoms with E-state index in [2.05, 4.69) is 93.7 Å². The zero-order valence-electron chi connectivity index (χ0n) is 44.9. The Morgan fingerprint density at radius 2 is 0.588 bits per heavy atom. The number of unbranched alkanes of at least 4 members (excludes halogenated alkanes) is 29. The highest BCUT2D eigenvalue weighted by molar-refractivity contribution is 5.71. The van der Waals surface area contributed by atoms with Crippen LogP contribution in [0.15, 0.2) is 72.9 Å². The lowest BCUT2D eigenvalue weighted by molar-refractivity contribution is -0.167. The van der Waals surface area contributed by atoms with Crippen molar-refractivity contribution in [3.63, 3.8) is 0 Å². The molecule has 0 radical (unpaired) electrons. The summed E-state index contributed by atoms with van der Waals surface area (Å²) in [6.07, 6.45) is 71.9. The maximum absolute atomic E-state index is 12.8. The number of hydrogen-bond acceptors (Lipinski definition) is 6. The molecule has 0 aliphatic rings. The first kappa shape index (κ1) is 64.8. The van der Waals surface area contributed by atoms with E-state index in [0.717, 1.165) is 109 Å². The Morgan fingerprint density at radius 3 is 0.971 bits per heavy atom. The van der Waals surface area contributed by atoms with Crippen LogP contribution in [0.2, 0.25) is 0 Å². The second-order valence-electron chi connectivity index (χ2n) is 19.2. The smallest absolute Gasteiger partial charge is 0.306 e. The van der Waals surface area contributed by atoms with Crippen molar-refractivity contribution in [1.29, 1.82) is 0 Å². The van der Waals surface area contributed by atoms with E-state index in [4.69, 9.17) is 14.2 Å². The summed E-state index contributed by atoms with van der Waals surface area (Å²) < 4.78 is 16.8. The molecule has 392 valence electrons. The SMILES string of the molecule is CC/C=C\C/C=C\C/C=C\CCCCCC(=O)OCC(COC(=O)CCCCCCCCCCCCC/C=C\CCCCCCCCCC)OC(=O)CCCCCCC/C=C\C/C=C\CCCC. The van der Waals surface area contributed by atoms with Gasteiger partial charge in [0.05, 0.1) is 0 Å². The van der Waals surface area contributed by atoms with Crippen LogP contribution in [0.25, 0.3) is 0 Å². The second kappa shape index (κ2) is 56.4. The van der Waals surface area contributed by atoms with Crippen molar-refractivity contribution in [2.45, 2.75) is 290 Å². The van der Waals surface area contributed by atoms with Crippen molar-refractivity contribution in [2.75, 3.05) is 13.2 Å². The molecular formula is C62H108O6. The van der Waals surface area contributed by atoms with Gasteiger partial charge in [-0.2, -0.15) is 0 Å². The summed E-state index contributed by atoms with van der Waals surface area (Å²) in [5, 5.41) is 0. The minimum atomic E-state index is -0.795. The maximum Gasteiger partial charge on any atom is 0.306 e. The topological polar surface area (TPSA) is 78.9 Å². The molecule has 6 nitrogen and oxygen atoms in total. The average molecular weight is 950 g/mol. The molecule has 0 aliphatic heterocycles. The summed E-state index contributed by atoms with van der Waals surface area (Å²) in [5.41, 5.74) is 0. The van der Waals surface area contributed by atoms with Crippen molar-refractivity contribution < 1.29 is 28.6 Å². The molecule has 0 spiro atoms. The van der Waals surface area contributed by atoms with Gasteiger partial charge in [-0.15, -0.1) is 0 Å². The molecule has 0 bridgehead atoms. The fraction of sp³-hybridized carbons (Fsp3) is 0.758. The quantitative estimate of drug-likeness (QED) is 0.0262.